The highest BCUT2D eigenvalue weighted by Gasteiger charge is 1.94. The monoisotopic (exact) mass is 204 g/mol. The molecule has 64 valence electrons. The van der Waals surface area contributed by atoms with E-state index in [1.807, 2.05) is 14.1 Å². The molecule has 0 saturated heterocycles. The molecule has 0 amide bonds. The van der Waals surface area contributed by atoms with Crippen molar-refractivity contribution in [1.29, 1.82) is 5.41 Å². The van der Waals surface area contributed by atoms with Crippen molar-refractivity contribution in [2.24, 2.45) is 11.5 Å². The Morgan fingerprint density at radius 2 is 1.30 bits per heavy atom. The van der Waals surface area contributed by atoms with Crippen molar-refractivity contribution in [2.45, 2.75) is 0 Å². The number of nitrogens with zero attached hydrogens (tertiary/aromatic N) is 1. The molecule has 0 aliphatic rings. The van der Waals surface area contributed by atoms with Gasteiger partial charge in [-0.1, -0.05) is 0 Å². The Labute approximate surface area is 78.5 Å². The number of hydrogen-bond donors (Lipinski definition) is 5. The molecule has 5 N–H and O–H groups in total. The van der Waals surface area contributed by atoms with Crippen LogP contribution in [-0.2, 0) is 0 Å². The smallest absolute Gasteiger partial charge is 0.183 e. The van der Waals surface area contributed by atoms with E-state index in [9.17, 15) is 0 Å². The normalized spacial score (nSPS) is 8.40. The van der Waals surface area contributed by atoms with Gasteiger partial charge in [-0.25, -0.2) is 3.29 Å². The van der Waals surface area contributed by atoms with Gasteiger partial charge in [-0.2, -0.15) is 0 Å². The first-order chi connectivity index (χ1) is 3.73. The number of hydrogen-bond acceptors (Lipinski definition) is 3. The quantitative estimate of drug-likeness (QED) is 0.124. The molecule has 0 aromatic heterocycles. The average molecular weight is 205 g/mol. The molecule has 0 aliphatic heterocycles. The summed E-state index contributed by atoms with van der Waals surface area (Å²) in [5.41, 5.74) is 8.94. The van der Waals surface area contributed by atoms with E-state index in [1.165, 1.54) is 0 Å². The van der Waals surface area contributed by atoms with E-state index in [-0.39, 0.29) is 18.4 Å². The summed E-state index contributed by atoms with van der Waals surface area (Å²) in [6.07, 6.45) is 0. The zero-order valence-electron chi connectivity index (χ0n) is 5.87. The third kappa shape index (κ3) is 8850. The van der Waals surface area contributed by atoms with Crippen LogP contribution in [0.5, 0.6) is 0 Å². The number of nitrogens with one attached hydrogen (secondary N) is 1. The van der Waals surface area contributed by atoms with Crippen molar-refractivity contribution in [3.63, 3.8) is 0 Å². The zero-order chi connectivity index (χ0) is 8.08. The van der Waals surface area contributed by atoms with Gasteiger partial charge in [0.05, 0.1) is 39.7 Å². The Hall–Kier alpha value is 0.220. The summed E-state index contributed by atoms with van der Waals surface area (Å²) in [5, 5.41) is 6.06. The van der Waals surface area contributed by atoms with Gasteiger partial charge in [0.15, 0.2) is 5.96 Å². The predicted octanol–water partition coefficient (Wildman–Crippen LogP) is -3.41. The molecule has 0 unspecified atom stereocenters. The molecule has 0 fully saturated rings. The first kappa shape index (κ1) is 16.7. The second-order valence-corrected chi connectivity index (χ2v) is 4.11. The van der Waals surface area contributed by atoms with Crippen LogP contribution in [0.25, 0.3) is 0 Å². The maximum atomic E-state index is 6.06. The van der Waals surface area contributed by atoms with Crippen molar-refractivity contribution in [2.75, 3.05) is 14.1 Å². The Morgan fingerprint density at radius 1 is 1.30 bits per heavy atom. The maximum Gasteiger partial charge on any atom is 0.183 e. The Balaban J connectivity index is -0.0000000910. The number of guanidine groups is 1. The average Bonchev–Trinajstić information content (AvgIpc) is 1.19. The van der Waals surface area contributed by atoms with E-state index in [4.69, 9.17) is 5.41 Å². The van der Waals surface area contributed by atoms with Gasteiger partial charge in [0.2, 0.25) is 0 Å². The van der Waals surface area contributed by atoms with Gasteiger partial charge in [-0.05, 0) is 0 Å². The molecule has 0 spiro atoms. The van der Waals surface area contributed by atoms with Gasteiger partial charge in [0, 0.05) is 0 Å². The lowest BCUT2D eigenvalue weighted by Crippen LogP contribution is -3.00. The van der Waals surface area contributed by atoms with E-state index in [2.05, 4.69) is 37.1 Å². The zero-order valence-corrected chi connectivity index (χ0v) is 8.42. The molecule has 0 atom stereocenters. The minimum absolute atomic E-state index is 0. The van der Waals surface area contributed by atoms with Crippen LogP contribution in [0.15, 0.2) is 0 Å². The molecular formula is C3H13ClN4S2. The van der Waals surface area contributed by atoms with Crippen LogP contribution in [0.1, 0.15) is 0 Å². The highest BCUT2D eigenvalue weighted by Crippen LogP contribution is 2.02. The fraction of sp³-hybridized carbons (Fsp3) is 0.667. The largest absolute Gasteiger partial charge is 1.00 e. The number of halogens is 1. The minimum Gasteiger partial charge on any atom is -1.00 e. The van der Waals surface area contributed by atoms with E-state index in [1.54, 1.807) is 0 Å². The fourth-order valence-electron chi connectivity index (χ4n) is 0. The van der Waals surface area contributed by atoms with Crippen molar-refractivity contribution < 1.29 is 15.7 Å². The second-order valence-electron chi connectivity index (χ2n) is 1.79. The Morgan fingerprint density at radius 3 is 1.30 bits per heavy atom. The van der Waals surface area contributed by atoms with Crippen molar-refractivity contribution in [3.05, 3.63) is 0 Å². The van der Waals surface area contributed by atoms with Crippen LogP contribution >= 0.6 is 25.6 Å². The van der Waals surface area contributed by atoms with E-state index < -0.39 is 0 Å². The SMILES string of the molecule is C[N+](C)(S)S.N=C(N)N.[Cl-]. The highest BCUT2D eigenvalue weighted by molar-refractivity contribution is 7.87. The van der Waals surface area contributed by atoms with Gasteiger partial charge in [-0.15, -0.1) is 0 Å². The Kier molecular flexibility index (Phi) is 12.2. The topological polar surface area (TPSA) is 75.9 Å². The number of rotatable bonds is 0. The molecule has 0 saturated carbocycles. The van der Waals surface area contributed by atoms with Crippen LogP contribution in [0.4, 0.5) is 0 Å². The van der Waals surface area contributed by atoms with E-state index in [0.717, 1.165) is 0 Å². The lowest BCUT2D eigenvalue weighted by molar-refractivity contribution is -0.583. The molecule has 7 heteroatoms. The predicted molar refractivity (Wildman–Crippen MR) is 46.2 cm³/mol. The summed E-state index contributed by atoms with van der Waals surface area (Å²) in [5.74, 6) is -0.333. The molecule has 0 aromatic carbocycles. The van der Waals surface area contributed by atoms with E-state index in [0.29, 0.717) is 3.29 Å². The van der Waals surface area contributed by atoms with Crippen molar-refractivity contribution >= 4 is 31.6 Å². The molecule has 10 heavy (non-hydrogen) atoms. The van der Waals surface area contributed by atoms with Gasteiger partial charge in [-0.3, -0.25) is 5.41 Å². The number of thiol groups is 2. The summed E-state index contributed by atoms with van der Waals surface area (Å²) in [4.78, 5) is 0. The molecule has 0 rings (SSSR count). The summed E-state index contributed by atoms with van der Waals surface area (Å²) in [6.45, 7) is 0. The third-order valence-corrected chi connectivity index (χ3v) is 0. The molecule has 0 heterocycles. The maximum absolute atomic E-state index is 6.06. The summed E-state index contributed by atoms with van der Waals surface area (Å²) in [6, 6.07) is 0. The lowest BCUT2D eigenvalue weighted by Gasteiger charge is -2.07. The number of nitrogens with two attached hydrogens (primary N) is 2. The van der Waals surface area contributed by atoms with Gasteiger partial charge < -0.3 is 23.9 Å². The van der Waals surface area contributed by atoms with Gasteiger partial charge in [0.25, 0.3) is 0 Å². The first-order valence-corrected chi connectivity index (χ1v) is 2.92. The van der Waals surface area contributed by atoms with Crippen LogP contribution < -0.4 is 23.9 Å². The molecule has 4 nitrogen and oxygen atoms in total. The van der Waals surface area contributed by atoms with Crippen molar-refractivity contribution in [1.82, 2.24) is 0 Å². The first-order valence-electron chi connectivity index (χ1n) is 2.12. The summed E-state index contributed by atoms with van der Waals surface area (Å²) in [7, 11) is 3.71. The van der Waals surface area contributed by atoms with E-state index >= 15 is 0 Å². The molecule has 0 radical (unpaired) electrons. The van der Waals surface area contributed by atoms with Crippen LogP contribution in [0, 0.1) is 5.41 Å². The standard InChI is InChI=1S/C2H8NS2.CH5N3.ClH/c1-3(2,4)5;2-1(3)4;/h4-5H,1-2H3;(H5,2,3,4);1H/q+1;;/p-1. The van der Waals surface area contributed by atoms with Gasteiger partial charge in [0.1, 0.15) is 0 Å². The number of quaternary nitrogens is 1. The minimum atomic E-state index is -0.333. The molecule has 0 aliphatic carbocycles. The Bertz CT molecular complexity index is 81.0. The summed E-state index contributed by atoms with van der Waals surface area (Å²) < 4.78 is 0.389. The third-order valence-electron chi connectivity index (χ3n) is 0. The highest BCUT2D eigenvalue weighted by atomic mass is 35.5. The molecular weight excluding hydrogens is 192 g/mol. The van der Waals surface area contributed by atoms with Crippen LogP contribution in [-0.4, -0.2) is 23.3 Å². The van der Waals surface area contributed by atoms with Crippen LogP contribution in [0.2, 0.25) is 0 Å². The molecule has 0 bridgehead atoms. The van der Waals surface area contributed by atoms with Crippen LogP contribution in [0.3, 0.4) is 0 Å². The summed E-state index contributed by atoms with van der Waals surface area (Å²) >= 11 is 7.85. The fourth-order valence-corrected chi connectivity index (χ4v) is 0. The van der Waals surface area contributed by atoms with Crippen molar-refractivity contribution in [3.8, 4) is 0 Å². The second kappa shape index (κ2) is 7.33. The lowest BCUT2D eigenvalue weighted by atomic mass is 11.1. The van der Waals surface area contributed by atoms with Gasteiger partial charge >= 0.3 is 0 Å². The molecule has 0 aromatic rings.